The summed E-state index contributed by atoms with van der Waals surface area (Å²) < 4.78 is 5.40. The number of morpholine rings is 1. The predicted molar refractivity (Wildman–Crippen MR) is 66.4 cm³/mol. The second kappa shape index (κ2) is 5.83. The summed E-state index contributed by atoms with van der Waals surface area (Å²) in [5.41, 5.74) is 1.36. The smallest absolute Gasteiger partial charge is 0.0594 e. The van der Waals surface area contributed by atoms with Crippen molar-refractivity contribution in [2.24, 2.45) is 0 Å². The highest BCUT2D eigenvalue weighted by molar-refractivity contribution is 5.23. The second-order valence-corrected chi connectivity index (χ2v) is 4.03. The standard InChI is InChI=1S/C14H19NO/c1-2-6-14(13-7-4-3-5-8-13)15-9-11-16-12-10-15/h2-8,14H,9-12H2,1H3/b6-2+. The Morgan fingerprint density at radius 2 is 1.88 bits per heavy atom. The van der Waals surface area contributed by atoms with Crippen molar-refractivity contribution in [3.63, 3.8) is 0 Å². The molecular formula is C14H19NO. The lowest BCUT2D eigenvalue weighted by Crippen LogP contribution is -2.38. The van der Waals surface area contributed by atoms with Gasteiger partial charge in [-0.25, -0.2) is 0 Å². The molecule has 1 fully saturated rings. The minimum atomic E-state index is 0.398. The number of hydrogen-bond acceptors (Lipinski definition) is 2. The molecule has 0 aliphatic carbocycles. The average Bonchev–Trinajstić information content (AvgIpc) is 2.38. The van der Waals surface area contributed by atoms with Crippen molar-refractivity contribution in [3.8, 4) is 0 Å². The highest BCUT2D eigenvalue weighted by atomic mass is 16.5. The van der Waals surface area contributed by atoms with Crippen LogP contribution in [-0.2, 0) is 4.74 Å². The van der Waals surface area contributed by atoms with E-state index in [2.05, 4.69) is 54.3 Å². The molecule has 1 atom stereocenters. The van der Waals surface area contributed by atoms with Crippen LogP contribution in [0.1, 0.15) is 18.5 Å². The molecule has 16 heavy (non-hydrogen) atoms. The van der Waals surface area contributed by atoms with Crippen LogP contribution in [0.25, 0.3) is 0 Å². The molecule has 1 aromatic rings. The second-order valence-electron chi connectivity index (χ2n) is 4.03. The van der Waals surface area contributed by atoms with Crippen molar-refractivity contribution in [1.29, 1.82) is 0 Å². The van der Waals surface area contributed by atoms with Gasteiger partial charge >= 0.3 is 0 Å². The molecule has 1 aromatic carbocycles. The lowest BCUT2D eigenvalue weighted by atomic mass is 10.0. The van der Waals surface area contributed by atoms with Crippen molar-refractivity contribution < 1.29 is 4.74 Å². The molecular weight excluding hydrogens is 198 g/mol. The Balaban J connectivity index is 2.16. The number of allylic oxidation sites excluding steroid dienone is 1. The SMILES string of the molecule is C/C=C/C(c1ccccc1)N1CCOCC1. The van der Waals surface area contributed by atoms with Gasteiger partial charge in [0.15, 0.2) is 0 Å². The molecule has 0 N–H and O–H groups in total. The Hall–Kier alpha value is -1.12. The molecule has 2 rings (SSSR count). The third-order valence-electron chi connectivity index (χ3n) is 2.95. The first-order chi connectivity index (χ1) is 7.92. The van der Waals surface area contributed by atoms with Crippen molar-refractivity contribution in [2.75, 3.05) is 26.3 Å². The Labute approximate surface area is 97.5 Å². The maximum absolute atomic E-state index is 5.40. The van der Waals surface area contributed by atoms with Crippen LogP contribution < -0.4 is 0 Å². The van der Waals surface area contributed by atoms with Crippen molar-refractivity contribution in [1.82, 2.24) is 4.90 Å². The lowest BCUT2D eigenvalue weighted by molar-refractivity contribution is 0.0253. The summed E-state index contributed by atoms with van der Waals surface area (Å²) in [5.74, 6) is 0. The number of ether oxygens (including phenoxy) is 1. The third kappa shape index (κ3) is 2.71. The van der Waals surface area contributed by atoms with E-state index in [-0.39, 0.29) is 0 Å². The monoisotopic (exact) mass is 217 g/mol. The van der Waals surface area contributed by atoms with E-state index in [0.29, 0.717) is 6.04 Å². The number of nitrogens with zero attached hydrogens (tertiary/aromatic N) is 1. The molecule has 1 saturated heterocycles. The molecule has 2 heteroatoms. The van der Waals surface area contributed by atoms with Gasteiger partial charge in [0.2, 0.25) is 0 Å². The molecule has 1 aliphatic rings. The zero-order valence-corrected chi connectivity index (χ0v) is 9.80. The minimum absolute atomic E-state index is 0.398. The average molecular weight is 217 g/mol. The van der Waals surface area contributed by atoms with Crippen LogP contribution in [0.4, 0.5) is 0 Å². The van der Waals surface area contributed by atoms with E-state index in [1.54, 1.807) is 0 Å². The van der Waals surface area contributed by atoms with Crippen LogP contribution in [0.3, 0.4) is 0 Å². The van der Waals surface area contributed by atoms with Crippen LogP contribution in [0.2, 0.25) is 0 Å². The fraction of sp³-hybridized carbons (Fsp3) is 0.429. The Kier molecular flexibility index (Phi) is 4.14. The fourth-order valence-corrected chi connectivity index (χ4v) is 2.13. The van der Waals surface area contributed by atoms with E-state index < -0.39 is 0 Å². The minimum Gasteiger partial charge on any atom is -0.379 e. The van der Waals surface area contributed by atoms with Crippen molar-refractivity contribution in [3.05, 3.63) is 48.0 Å². The zero-order valence-electron chi connectivity index (χ0n) is 9.80. The predicted octanol–water partition coefficient (Wildman–Crippen LogP) is 2.64. The molecule has 1 aliphatic heterocycles. The van der Waals surface area contributed by atoms with Crippen LogP contribution in [0, 0.1) is 0 Å². The maximum Gasteiger partial charge on any atom is 0.0594 e. The molecule has 0 bridgehead atoms. The first-order valence-corrected chi connectivity index (χ1v) is 5.91. The van der Waals surface area contributed by atoms with Gasteiger partial charge in [0.1, 0.15) is 0 Å². The molecule has 86 valence electrons. The normalized spacial score (nSPS) is 20.1. The van der Waals surface area contributed by atoms with Gasteiger partial charge in [-0.1, -0.05) is 42.5 Å². The van der Waals surface area contributed by atoms with Gasteiger partial charge in [-0.05, 0) is 12.5 Å². The Morgan fingerprint density at radius 3 is 2.50 bits per heavy atom. The Morgan fingerprint density at radius 1 is 1.19 bits per heavy atom. The molecule has 0 amide bonds. The van der Waals surface area contributed by atoms with Gasteiger partial charge in [-0.3, -0.25) is 4.90 Å². The first kappa shape index (κ1) is 11.4. The number of rotatable bonds is 3. The van der Waals surface area contributed by atoms with Gasteiger partial charge < -0.3 is 4.74 Å². The molecule has 2 nitrogen and oxygen atoms in total. The summed E-state index contributed by atoms with van der Waals surface area (Å²) >= 11 is 0. The summed E-state index contributed by atoms with van der Waals surface area (Å²) in [7, 11) is 0. The summed E-state index contributed by atoms with van der Waals surface area (Å²) in [4.78, 5) is 2.47. The van der Waals surface area contributed by atoms with Gasteiger partial charge in [0.05, 0.1) is 19.3 Å². The van der Waals surface area contributed by atoms with Crippen LogP contribution in [0.5, 0.6) is 0 Å². The van der Waals surface area contributed by atoms with E-state index >= 15 is 0 Å². The lowest BCUT2D eigenvalue weighted by Gasteiger charge is -2.33. The topological polar surface area (TPSA) is 12.5 Å². The van der Waals surface area contributed by atoms with E-state index in [9.17, 15) is 0 Å². The van der Waals surface area contributed by atoms with Gasteiger partial charge in [0, 0.05) is 13.1 Å². The van der Waals surface area contributed by atoms with Gasteiger partial charge in [0.25, 0.3) is 0 Å². The molecule has 0 aromatic heterocycles. The summed E-state index contributed by atoms with van der Waals surface area (Å²) in [6, 6.07) is 11.1. The van der Waals surface area contributed by atoms with Crippen molar-refractivity contribution in [2.45, 2.75) is 13.0 Å². The quantitative estimate of drug-likeness (QED) is 0.722. The van der Waals surface area contributed by atoms with Crippen LogP contribution >= 0.6 is 0 Å². The number of hydrogen-bond donors (Lipinski definition) is 0. The summed E-state index contributed by atoms with van der Waals surface area (Å²) in [6.07, 6.45) is 4.40. The van der Waals surface area contributed by atoms with E-state index in [1.165, 1.54) is 5.56 Å². The number of benzene rings is 1. The van der Waals surface area contributed by atoms with Crippen molar-refractivity contribution >= 4 is 0 Å². The van der Waals surface area contributed by atoms with Gasteiger partial charge in [-0.2, -0.15) is 0 Å². The molecule has 1 unspecified atom stereocenters. The van der Waals surface area contributed by atoms with E-state index in [1.807, 2.05) is 0 Å². The molecule has 0 spiro atoms. The van der Waals surface area contributed by atoms with Crippen LogP contribution in [-0.4, -0.2) is 31.2 Å². The van der Waals surface area contributed by atoms with E-state index in [4.69, 9.17) is 4.74 Å². The van der Waals surface area contributed by atoms with Crippen LogP contribution in [0.15, 0.2) is 42.5 Å². The highest BCUT2D eigenvalue weighted by Crippen LogP contribution is 2.22. The highest BCUT2D eigenvalue weighted by Gasteiger charge is 2.19. The summed E-state index contributed by atoms with van der Waals surface area (Å²) in [6.45, 7) is 5.81. The molecule has 0 saturated carbocycles. The molecule has 1 heterocycles. The van der Waals surface area contributed by atoms with Gasteiger partial charge in [-0.15, -0.1) is 0 Å². The first-order valence-electron chi connectivity index (χ1n) is 5.91. The Bertz CT molecular complexity index is 328. The maximum atomic E-state index is 5.40. The molecule has 0 radical (unpaired) electrons. The van der Waals surface area contributed by atoms with E-state index in [0.717, 1.165) is 26.3 Å². The zero-order chi connectivity index (χ0) is 11.2. The largest absolute Gasteiger partial charge is 0.379 e. The summed E-state index contributed by atoms with van der Waals surface area (Å²) in [5, 5.41) is 0. The third-order valence-corrected chi connectivity index (χ3v) is 2.95. The fourth-order valence-electron chi connectivity index (χ4n) is 2.13.